The fourth-order valence-electron chi connectivity index (χ4n) is 1.43. The van der Waals surface area contributed by atoms with E-state index in [1.54, 1.807) is 7.11 Å². The van der Waals surface area contributed by atoms with Crippen LogP contribution in [-0.2, 0) is 4.74 Å². The quantitative estimate of drug-likeness (QED) is 0.528. The van der Waals surface area contributed by atoms with Crippen LogP contribution in [0.5, 0.6) is 0 Å². The Morgan fingerprint density at radius 2 is 1.86 bits per heavy atom. The number of methoxy groups -OCH3 is 1. The van der Waals surface area contributed by atoms with E-state index in [1.807, 2.05) is 0 Å². The zero-order valence-electron chi connectivity index (χ0n) is 10.1. The minimum atomic E-state index is -0.352. The zero-order valence-corrected chi connectivity index (χ0v) is 10.1. The molecular formula is C11H24N2O. The van der Waals surface area contributed by atoms with Crippen LogP contribution in [0.25, 0.3) is 0 Å². The van der Waals surface area contributed by atoms with Crippen LogP contribution in [0.2, 0.25) is 0 Å². The van der Waals surface area contributed by atoms with Crippen molar-refractivity contribution in [2.45, 2.75) is 46.1 Å². The lowest BCUT2D eigenvalue weighted by atomic mass is 9.95. The van der Waals surface area contributed by atoms with Gasteiger partial charge in [-0.05, 0) is 18.8 Å². The minimum absolute atomic E-state index is 0.352. The molecule has 0 rings (SSSR count). The van der Waals surface area contributed by atoms with E-state index >= 15 is 0 Å². The first kappa shape index (κ1) is 13.4. The van der Waals surface area contributed by atoms with Gasteiger partial charge in [-0.2, -0.15) is 0 Å². The van der Waals surface area contributed by atoms with Crippen molar-refractivity contribution >= 4 is 5.84 Å². The van der Waals surface area contributed by atoms with Gasteiger partial charge in [-0.3, -0.25) is 4.99 Å². The fourth-order valence-corrected chi connectivity index (χ4v) is 1.43. The summed E-state index contributed by atoms with van der Waals surface area (Å²) in [5, 5.41) is 0. The summed E-state index contributed by atoms with van der Waals surface area (Å²) in [6.07, 6.45) is 1.74. The molecule has 0 spiro atoms. The molecule has 0 saturated carbocycles. The molecule has 14 heavy (non-hydrogen) atoms. The zero-order chi connectivity index (χ0) is 11.2. The highest BCUT2D eigenvalue weighted by Crippen LogP contribution is 2.19. The summed E-state index contributed by atoms with van der Waals surface area (Å²) in [5.74, 6) is 1.18. The van der Waals surface area contributed by atoms with Crippen molar-refractivity contribution in [2.24, 2.45) is 16.6 Å². The maximum atomic E-state index is 5.96. The Labute approximate surface area is 87.7 Å². The molecule has 0 amide bonds. The summed E-state index contributed by atoms with van der Waals surface area (Å²) in [5.41, 5.74) is 5.61. The number of nitrogens with zero attached hydrogens (tertiary/aromatic N) is 1. The van der Waals surface area contributed by atoms with Gasteiger partial charge < -0.3 is 10.5 Å². The van der Waals surface area contributed by atoms with Gasteiger partial charge in [0.15, 0.2) is 0 Å². The van der Waals surface area contributed by atoms with Crippen molar-refractivity contribution < 1.29 is 4.74 Å². The summed E-state index contributed by atoms with van der Waals surface area (Å²) in [6.45, 7) is 9.18. The molecule has 0 aliphatic heterocycles. The van der Waals surface area contributed by atoms with E-state index in [2.05, 4.69) is 32.7 Å². The average Bonchev–Trinajstić information content (AvgIpc) is 2.18. The largest absolute Gasteiger partial charge is 0.385 e. The van der Waals surface area contributed by atoms with Crippen LogP contribution >= 0.6 is 0 Å². The smallest absolute Gasteiger partial charge is 0.126 e. The number of nitrogens with two attached hydrogens (primary N) is 1. The van der Waals surface area contributed by atoms with E-state index in [0.717, 1.165) is 19.4 Å². The number of aliphatic imine (C=N–C) groups is 1. The minimum Gasteiger partial charge on any atom is -0.385 e. The van der Waals surface area contributed by atoms with Crippen molar-refractivity contribution in [1.82, 2.24) is 0 Å². The first-order valence-corrected chi connectivity index (χ1v) is 5.38. The predicted molar refractivity (Wildman–Crippen MR) is 61.6 cm³/mol. The van der Waals surface area contributed by atoms with Crippen LogP contribution in [0.15, 0.2) is 4.99 Å². The molecule has 0 aliphatic carbocycles. The fraction of sp³-hybridized carbons (Fsp3) is 0.909. The highest BCUT2D eigenvalue weighted by molar-refractivity contribution is 5.89. The SMILES string of the molecule is CCC(CC)(OC)C(N)=NCC(C)C. The summed E-state index contributed by atoms with van der Waals surface area (Å²) in [4.78, 5) is 4.38. The second-order valence-electron chi connectivity index (χ2n) is 4.03. The predicted octanol–water partition coefficient (Wildman–Crippen LogP) is 2.20. The second-order valence-corrected chi connectivity index (χ2v) is 4.03. The molecule has 0 radical (unpaired) electrons. The average molecular weight is 200 g/mol. The molecule has 3 nitrogen and oxygen atoms in total. The van der Waals surface area contributed by atoms with Crippen LogP contribution in [0.1, 0.15) is 40.5 Å². The Bertz CT molecular complexity index is 175. The summed E-state index contributed by atoms with van der Waals surface area (Å²) >= 11 is 0. The van der Waals surface area contributed by atoms with Gasteiger partial charge in [0.1, 0.15) is 11.4 Å². The summed E-state index contributed by atoms with van der Waals surface area (Å²) in [6, 6.07) is 0. The number of rotatable bonds is 6. The van der Waals surface area contributed by atoms with Crippen LogP contribution in [0.3, 0.4) is 0 Å². The number of hydrogen-bond donors (Lipinski definition) is 1. The maximum Gasteiger partial charge on any atom is 0.126 e. The lowest BCUT2D eigenvalue weighted by Crippen LogP contribution is -2.45. The van der Waals surface area contributed by atoms with E-state index in [4.69, 9.17) is 10.5 Å². The second kappa shape index (κ2) is 6.02. The summed E-state index contributed by atoms with van der Waals surface area (Å²) in [7, 11) is 1.70. The van der Waals surface area contributed by atoms with Crippen LogP contribution in [0.4, 0.5) is 0 Å². The van der Waals surface area contributed by atoms with Gasteiger partial charge >= 0.3 is 0 Å². The molecule has 0 atom stereocenters. The van der Waals surface area contributed by atoms with Crippen LogP contribution < -0.4 is 5.73 Å². The van der Waals surface area contributed by atoms with E-state index in [9.17, 15) is 0 Å². The van der Waals surface area contributed by atoms with Gasteiger partial charge in [0.05, 0.1) is 0 Å². The molecule has 0 heterocycles. The number of hydrogen-bond acceptors (Lipinski definition) is 2. The van der Waals surface area contributed by atoms with Crippen molar-refractivity contribution in [3.8, 4) is 0 Å². The van der Waals surface area contributed by atoms with Gasteiger partial charge in [0.25, 0.3) is 0 Å². The normalized spacial score (nSPS) is 13.7. The molecule has 84 valence electrons. The molecule has 0 fully saturated rings. The summed E-state index contributed by atoms with van der Waals surface area (Å²) < 4.78 is 5.47. The Morgan fingerprint density at radius 1 is 1.36 bits per heavy atom. The monoisotopic (exact) mass is 200 g/mol. The Hall–Kier alpha value is -0.570. The molecular weight excluding hydrogens is 176 g/mol. The van der Waals surface area contributed by atoms with Crippen molar-refractivity contribution in [1.29, 1.82) is 0 Å². The van der Waals surface area contributed by atoms with Crippen LogP contribution in [-0.4, -0.2) is 25.1 Å². The van der Waals surface area contributed by atoms with Gasteiger partial charge in [0, 0.05) is 13.7 Å². The highest BCUT2D eigenvalue weighted by atomic mass is 16.5. The molecule has 0 bridgehead atoms. The molecule has 2 N–H and O–H groups in total. The number of amidine groups is 1. The van der Waals surface area contributed by atoms with Crippen molar-refractivity contribution in [3.63, 3.8) is 0 Å². The molecule has 3 heteroatoms. The topological polar surface area (TPSA) is 47.6 Å². The van der Waals surface area contributed by atoms with E-state index in [0.29, 0.717) is 11.8 Å². The molecule has 0 saturated heterocycles. The third-order valence-electron chi connectivity index (χ3n) is 2.63. The lowest BCUT2D eigenvalue weighted by Gasteiger charge is -2.29. The highest BCUT2D eigenvalue weighted by Gasteiger charge is 2.30. The van der Waals surface area contributed by atoms with Gasteiger partial charge in [-0.25, -0.2) is 0 Å². The maximum absolute atomic E-state index is 5.96. The third-order valence-corrected chi connectivity index (χ3v) is 2.63. The van der Waals surface area contributed by atoms with E-state index in [-0.39, 0.29) is 5.60 Å². The van der Waals surface area contributed by atoms with Gasteiger partial charge in [0.2, 0.25) is 0 Å². The van der Waals surface area contributed by atoms with E-state index < -0.39 is 0 Å². The Balaban J connectivity index is 4.57. The number of ether oxygens (including phenoxy) is 1. The standard InChI is InChI=1S/C11H24N2O/c1-6-11(7-2,14-5)10(12)13-8-9(3)4/h9H,6-8H2,1-5H3,(H2,12,13). The van der Waals surface area contributed by atoms with Crippen molar-refractivity contribution in [2.75, 3.05) is 13.7 Å². The molecule has 0 aromatic rings. The Morgan fingerprint density at radius 3 is 2.14 bits per heavy atom. The first-order valence-electron chi connectivity index (χ1n) is 5.38. The van der Waals surface area contributed by atoms with Gasteiger partial charge in [-0.1, -0.05) is 27.7 Å². The molecule has 0 aromatic heterocycles. The lowest BCUT2D eigenvalue weighted by molar-refractivity contribution is 0.0422. The van der Waals surface area contributed by atoms with Gasteiger partial charge in [-0.15, -0.1) is 0 Å². The Kier molecular flexibility index (Phi) is 5.77. The molecule has 0 aliphatic rings. The van der Waals surface area contributed by atoms with Crippen molar-refractivity contribution in [3.05, 3.63) is 0 Å². The molecule has 0 aromatic carbocycles. The van der Waals surface area contributed by atoms with Crippen LogP contribution in [0, 0.1) is 5.92 Å². The molecule has 0 unspecified atom stereocenters. The first-order chi connectivity index (χ1) is 6.52. The third kappa shape index (κ3) is 3.29. The van der Waals surface area contributed by atoms with E-state index in [1.165, 1.54) is 0 Å².